The van der Waals surface area contributed by atoms with Crippen molar-refractivity contribution in [2.24, 2.45) is 5.10 Å². The molecule has 1 aliphatic heterocycles. The maximum absolute atomic E-state index is 12.1. The van der Waals surface area contributed by atoms with E-state index in [2.05, 4.69) is 22.7 Å². The van der Waals surface area contributed by atoms with E-state index >= 15 is 0 Å². The fraction of sp³-hybridized carbons (Fsp3) is 0.300. The topological polar surface area (TPSA) is 50.3 Å². The number of quaternary nitrogens is 2. The van der Waals surface area contributed by atoms with Crippen molar-refractivity contribution in [3.8, 4) is 0 Å². The molecule has 0 radical (unpaired) electrons. The molecule has 27 heavy (non-hydrogen) atoms. The van der Waals surface area contributed by atoms with Gasteiger partial charge in [0.05, 0.1) is 6.21 Å². The summed E-state index contributed by atoms with van der Waals surface area (Å²) in [6.45, 7) is 5.51. The highest BCUT2D eigenvalue weighted by Crippen LogP contribution is 2.09. The van der Waals surface area contributed by atoms with Crippen LogP contribution in [-0.4, -0.2) is 44.8 Å². The summed E-state index contributed by atoms with van der Waals surface area (Å²) in [6, 6.07) is 15.4. The van der Waals surface area contributed by atoms with E-state index in [0.717, 1.165) is 43.3 Å². The molecule has 1 amide bonds. The highest BCUT2D eigenvalue weighted by atomic mass is 35.5. The summed E-state index contributed by atoms with van der Waals surface area (Å²) in [7, 11) is 0. The van der Waals surface area contributed by atoms with Gasteiger partial charge in [-0.2, -0.15) is 5.10 Å². The molecule has 3 N–H and O–H groups in total. The lowest BCUT2D eigenvalue weighted by molar-refractivity contribution is -1.02. The third kappa shape index (κ3) is 6.63. The molecule has 0 atom stereocenters. The van der Waals surface area contributed by atoms with Gasteiger partial charge in [-0.3, -0.25) is 4.79 Å². The van der Waals surface area contributed by atoms with Gasteiger partial charge < -0.3 is 9.80 Å². The molecule has 2 aromatic rings. The normalized spacial score (nSPS) is 19.9. The van der Waals surface area contributed by atoms with E-state index in [1.165, 1.54) is 10.5 Å². The first-order valence-electron chi connectivity index (χ1n) is 9.07. The van der Waals surface area contributed by atoms with Gasteiger partial charge in [-0.1, -0.05) is 47.5 Å². The van der Waals surface area contributed by atoms with Crippen LogP contribution in [0, 0.1) is 0 Å². The van der Waals surface area contributed by atoms with Gasteiger partial charge in [-0.15, -0.1) is 0 Å². The number of halogens is 2. The SMILES string of the molecule is O=C(C[NH+]1CC[NH+](Cc2ccc(Cl)cc2)CC1)N/N=C\c1cccc(Cl)c1. The molecule has 1 aliphatic rings. The van der Waals surface area contributed by atoms with Crippen LogP contribution < -0.4 is 15.2 Å². The predicted molar refractivity (Wildman–Crippen MR) is 109 cm³/mol. The Kier molecular flexibility index (Phi) is 7.24. The molecular weight excluding hydrogens is 383 g/mol. The number of piperazine rings is 1. The van der Waals surface area contributed by atoms with Crippen LogP contribution in [0.3, 0.4) is 0 Å². The van der Waals surface area contributed by atoms with E-state index in [0.29, 0.717) is 11.6 Å². The predicted octanol–water partition coefficient (Wildman–Crippen LogP) is 0.427. The first-order valence-corrected chi connectivity index (χ1v) is 9.83. The summed E-state index contributed by atoms with van der Waals surface area (Å²) in [5.74, 6) is -0.0653. The molecule has 0 aromatic heterocycles. The zero-order chi connectivity index (χ0) is 19.1. The Morgan fingerprint density at radius 3 is 2.41 bits per heavy atom. The van der Waals surface area contributed by atoms with Gasteiger partial charge in [0.2, 0.25) is 0 Å². The monoisotopic (exact) mass is 406 g/mol. The first-order chi connectivity index (χ1) is 13.1. The molecular formula is C20H24Cl2N4O+2. The first kappa shape index (κ1) is 19.8. The molecule has 2 aromatic carbocycles. The van der Waals surface area contributed by atoms with Gasteiger partial charge >= 0.3 is 0 Å². The average molecular weight is 407 g/mol. The van der Waals surface area contributed by atoms with Crippen LogP contribution >= 0.6 is 23.2 Å². The number of rotatable bonds is 6. The van der Waals surface area contributed by atoms with Gasteiger partial charge in [-0.25, -0.2) is 5.43 Å². The largest absolute Gasteiger partial charge is 0.322 e. The van der Waals surface area contributed by atoms with Crippen LogP contribution in [0.25, 0.3) is 0 Å². The molecule has 7 heteroatoms. The highest BCUT2D eigenvalue weighted by molar-refractivity contribution is 6.31. The minimum Gasteiger partial charge on any atom is -0.322 e. The van der Waals surface area contributed by atoms with Crippen LogP contribution in [0.1, 0.15) is 11.1 Å². The summed E-state index contributed by atoms with van der Waals surface area (Å²) in [6.07, 6.45) is 1.60. The van der Waals surface area contributed by atoms with E-state index in [4.69, 9.17) is 23.2 Å². The lowest BCUT2D eigenvalue weighted by Crippen LogP contribution is -3.28. The van der Waals surface area contributed by atoms with Crippen molar-refractivity contribution in [2.45, 2.75) is 6.54 Å². The summed E-state index contributed by atoms with van der Waals surface area (Å²) in [5.41, 5.74) is 4.75. The number of carbonyl (C=O) groups excluding carboxylic acids is 1. The molecule has 3 rings (SSSR count). The number of nitrogens with zero attached hydrogens (tertiary/aromatic N) is 1. The number of benzene rings is 2. The molecule has 0 spiro atoms. The van der Waals surface area contributed by atoms with Crippen molar-refractivity contribution >= 4 is 35.3 Å². The van der Waals surface area contributed by atoms with E-state index in [1.807, 2.05) is 24.3 Å². The molecule has 0 saturated carbocycles. The molecule has 142 valence electrons. The van der Waals surface area contributed by atoms with Crippen LogP contribution in [0.15, 0.2) is 53.6 Å². The van der Waals surface area contributed by atoms with E-state index in [1.54, 1.807) is 23.2 Å². The fourth-order valence-electron chi connectivity index (χ4n) is 3.23. The van der Waals surface area contributed by atoms with Gasteiger partial charge in [0.15, 0.2) is 6.54 Å². The number of nitrogens with one attached hydrogen (secondary N) is 3. The van der Waals surface area contributed by atoms with Crippen LogP contribution in [0.2, 0.25) is 10.0 Å². The summed E-state index contributed by atoms with van der Waals surface area (Å²) < 4.78 is 0. The van der Waals surface area contributed by atoms with E-state index in [-0.39, 0.29) is 5.91 Å². The average Bonchev–Trinajstić information content (AvgIpc) is 2.65. The molecule has 1 fully saturated rings. The quantitative estimate of drug-likeness (QED) is 0.472. The Labute approximate surface area is 169 Å². The Morgan fingerprint density at radius 1 is 1.00 bits per heavy atom. The molecule has 0 bridgehead atoms. The zero-order valence-electron chi connectivity index (χ0n) is 15.1. The van der Waals surface area contributed by atoms with Crippen molar-refractivity contribution in [3.05, 3.63) is 69.7 Å². The molecule has 5 nitrogen and oxygen atoms in total. The number of amides is 1. The maximum atomic E-state index is 12.1. The molecule has 0 aliphatic carbocycles. The van der Waals surface area contributed by atoms with Gasteiger partial charge in [0.25, 0.3) is 5.91 Å². The summed E-state index contributed by atoms with van der Waals surface area (Å²) >= 11 is 11.9. The Morgan fingerprint density at radius 2 is 1.70 bits per heavy atom. The van der Waals surface area contributed by atoms with E-state index < -0.39 is 0 Å². The Balaban J connectivity index is 1.38. The second kappa shape index (κ2) is 9.85. The minimum atomic E-state index is -0.0653. The third-order valence-corrected chi connectivity index (χ3v) is 5.18. The molecule has 1 heterocycles. The van der Waals surface area contributed by atoms with Crippen molar-refractivity contribution in [1.29, 1.82) is 0 Å². The van der Waals surface area contributed by atoms with Crippen molar-refractivity contribution in [3.63, 3.8) is 0 Å². The number of hydrogen-bond donors (Lipinski definition) is 3. The zero-order valence-corrected chi connectivity index (χ0v) is 16.6. The number of hydrazone groups is 1. The summed E-state index contributed by atoms with van der Waals surface area (Å²) in [5, 5.41) is 5.43. The second-order valence-corrected chi connectivity index (χ2v) is 7.70. The van der Waals surface area contributed by atoms with Crippen molar-refractivity contribution in [1.82, 2.24) is 5.43 Å². The fourth-order valence-corrected chi connectivity index (χ4v) is 3.56. The van der Waals surface area contributed by atoms with Crippen LogP contribution in [-0.2, 0) is 11.3 Å². The Bertz CT molecular complexity index is 787. The molecule has 0 unspecified atom stereocenters. The van der Waals surface area contributed by atoms with Crippen LogP contribution in [0.4, 0.5) is 0 Å². The highest BCUT2D eigenvalue weighted by Gasteiger charge is 2.24. The smallest absolute Gasteiger partial charge is 0.295 e. The van der Waals surface area contributed by atoms with Crippen molar-refractivity contribution < 1.29 is 14.6 Å². The van der Waals surface area contributed by atoms with Gasteiger partial charge in [-0.05, 0) is 29.8 Å². The van der Waals surface area contributed by atoms with E-state index in [9.17, 15) is 4.79 Å². The Hall–Kier alpha value is -1.92. The second-order valence-electron chi connectivity index (χ2n) is 6.83. The third-order valence-electron chi connectivity index (χ3n) is 4.69. The number of carbonyl (C=O) groups is 1. The lowest BCUT2D eigenvalue weighted by atomic mass is 10.2. The lowest BCUT2D eigenvalue weighted by Gasteiger charge is -2.29. The maximum Gasteiger partial charge on any atom is 0.295 e. The summed E-state index contributed by atoms with van der Waals surface area (Å²) in [4.78, 5) is 14.9. The van der Waals surface area contributed by atoms with Gasteiger partial charge in [0, 0.05) is 15.6 Å². The van der Waals surface area contributed by atoms with Gasteiger partial charge in [0.1, 0.15) is 32.7 Å². The standard InChI is InChI=1S/C20H22Cl2N4O/c21-18-6-4-16(5-7-18)14-25-8-10-26(11-9-25)15-20(27)24-23-13-17-2-1-3-19(22)12-17/h1-7,12-13H,8-11,14-15H2,(H,24,27)/p+2/b23-13-. The van der Waals surface area contributed by atoms with Crippen LogP contribution in [0.5, 0.6) is 0 Å². The number of hydrogen-bond acceptors (Lipinski definition) is 2. The minimum absolute atomic E-state index is 0.0653. The molecule has 1 saturated heterocycles. The van der Waals surface area contributed by atoms with Crippen molar-refractivity contribution in [2.75, 3.05) is 32.7 Å².